The van der Waals surface area contributed by atoms with E-state index in [1.807, 2.05) is 0 Å². The van der Waals surface area contributed by atoms with Gasteiger partial charge in [-0.05, 0) is 35.4 Å². The minimum Gasteiger partial charge on any atom is -0.144 e. The van der Waals surface area contributed by atoms with E-state index >= 15 is 0 Å². The monoisotopic (exact) mass is 148 g/mol. The Morgan fingerprint density at radius 2 is 2.10 bits per heavy atom. The van der Waals surface area contributed by atoms with Gasteiger partial charge in [0.15, 0.2) is 0 Å². The van der Waals surface area contributed by atoms with E-state index in [4.69, 9.17) is 0 Å². The van der Waals surface area contributed by atoms with Crippen LogP contribution in [0.1, 0.15) is 5.56 Å². The highest BCUT2D eigenvalue weighted by Crippen LogP contribution is 2.22. The Bertz CT molecular complexity index is 346. The summed E-state index contributed by atoms with van der Waals surface area (Å²) >= 11 is 1.80. The number of benzene rings is 1. The van der Waals surface area contributed by atoms with Gasteiger partial charge in [-0.15, -0.1) is 11.3 Å². The first-order valence-electron chi connectivity index (χ1n) is 3.31. The summed E-state index contributed by atoms with van der Waals surface area (Å²) in [5.41, 5.74) is 1.37. The van der Waals surface area contributed by atoms with Crippen LogP contribution in [0.2, 0.25) is 0 Å². The molecule has 0 saturated carbocycles. The van der Waals surface area contributed by atoms with Crippen LogP contribution in [-0.2, 0) is 0 Å². The highest BCUT2D eigenvalue weighted by molar-refractivity contribution is 7.17. The molecule has 2 rings (SSSR count). The Morgan fingerprint density at radius 3 is 2.90 bits per heavy atom. The van der Waals surface area contributed by atoms with Crippen LogP contribution in [0.15, 0.2) is 29.6 Å². The average Bonchev–Trinajstić information content (AvgIpc) is 2.36. The molecule has 0 atom stereocenters. The molecule has 0 aliphatic carbocycles. The molecule has 0 spiro atoms. The second-order valence-electron chi connectivity index (χ2n) is 2.41. The second-order valence-corrected chi connectivity index (χ2v) is 3.36. The first-order valence-corrected chi connectivity index (χ1v) is 4.19. The summed E-state index contributed by atoms with van der Waals surface area (Å²) < 4.78 is 1.39. The standard InChI is InChI=1S/C9H8S/c1-7-3-2-4-9-8(7)5-6-10-9/h2-6H,1H3. The highest BCUT2D eigenvalue weighted by atomic mass is 32.1. The lowest BCUT2D eigenvalue weighted by molar-refractivity contribution is 1.55. The molecule has 50 valence electrons. The quantitative estimate of drug-likeness (QED) is 0.538. The maximum Gasteiger partial charge on any atom is 0.0345 e. The van der Waals surface area contributed by atoms with Crippen molar-refractivity contribution in [1.29, 1.82) is 0 Å². The maximum atomic E-state index is 2.18. The van der Waals surface area contributed by atoms with Gasteiger partial charge in [0.25, 0.3) is 0 Å². The molecule has 0 fully saturated rings. The average molecular weight is 148 g/mol. The minimum absolute atomic E-state index is 1.37. The smallest absolute Gasteiger partial charge is 0.0345 e. The number of aryl methyl sites for hydroxylation is 1. The van der Waals surface area contributed by atoms with Crippen LogP contribution < -0.4 is 0 Å². The minimum atomic E-state index is 1.37. The Balaban J connectivity index is 2.95. The molecule has 0 nitrogen and oxygen atoms in total. The summed E-state index contributed by atoms with van der Waals surface area (Å²) in [7, 11) is 0. The van der Waals surface area contributed by atoms with Gasteiger partial charge in [0.1, 0.15) is 0 Å². The van der Waals surface area contributed by atoms with E-state index in [2.05, 4.69) is 36.6 Å². The van der Waals surface area contributed by atoms with E-state index in [-0.39, 0.29) is 0 Å². The van der Waals surface area contributed by atoms with Gasteiger partial charge in [0.05, 0.1) is 0 Å². The van der Waals surface area contributed by atoms with E-state index in [1.165, 1.54) is 15.6 Å². The van der Waals surface area contributed by atoms with E-state index in [9.17, 15) is 0 Å². The molecule has 0 amide bonds. The van der Waals surface area contributed by atoms with Crippen LogP contribution in [0.5, 0.6) is 0 Å². The van der Waals surface area contributed by atoms with Crippen molar-refractivity contribution >= 4 is 21.4 Å². The lowest BCUT2D eigenvalue weighted by Crippen LogP contribution is -1.68. The van der Waals surface area contributed by atoms with Gasteiger partial charge < -0.3 is 0 Å². The van der Waals surface area contributed by atoms with Crippen molar-refractivity contribution in [3.05, 3.63) is 35.2 Å². The normalized spacial score (nSPS) is 10.5. The predicted molar refractivity (Wildman–Crippen MR) is 46.6 cm³/mol. The van der Waals surface area contributed by atoms with Gasteiger partial charge in [-0.2, -0.15) is 0 Å². The molecule has 0 aliphatic heterocycles. The van der Waals surface area contributed by atoms with Crippen LogP contribution >= 0.6 is 11.3 Å². The molecule has 1 aromatic heterocycles. The lowest BCUT2D eigenvalue weighted by Gasteiger charge is -1.91. The molecule has 0 saturated heterocycles. The fraction of sp³-hybridized carbons (Fsp3) is 0.111. The Kier molecular flexibility index (Phi) is 1.24. The van der Waals surface area contributed by atoms with Gasteiger partial charge in [-0.25, -0.2) is 0 Å². The molecule has 0 radical (unpaired) electrons. The van der Waals surface area contributed by atoms with Crippen molar-refractivity contribution in [2.45, 2.75) is 6.92 Å². The molecule has 0 aliphatic rings. The zero-order valence-corrected chi connectivity index (χ0v) is 6.61. The first kappa shape index (κ1) is 5.93. The summed E-state index contributed by atoms with van der Waals surface area (Å²) in [6.45, 7) is 2.15. The number of fused-ring (bicyclic) bond motifs is 1. The van der Waals surface area contributed by atoms with Crippen LogP contribution in [0.4, 0.5) is 0 Å². The first-order chi connectivity index (χ1) is 4.88. The van der Waals surface area contributed by atoms with Crippen LogP contribution in [0, 0.1) is 6.92 Å². The molecule has 0 unspecified atom stereocenters. The fourth-order valence-electron chi connectivity index (χ4n) is 1.15. The third-order valence-electron chi connectivity index (χ3n) is 1.71. The molecule has 1 heterocycles. The van der Waals surface area contributed by atoms with Crippen LogP contribution in [-0.4, -0.2) is 0 Å². The van der Waals surface area contributed by atoms with Crippen molar-refractivity contribution < 1.29 is 0 Å². The van der Waals surface area contributed by atoms with Crippen LogP contribution in [0.3, 0.4) is 0 Å². The van der Waals surface area contributed by atoms with Gasteiger partial charge in [0, 0.05) is 4.70 Å². The van der Waals surface area contributed by atoms with E-state index < -0.39 is 0 Å². The van der Waals surface area contributed by atoms with Gasteiger partial charge >= 0.3 is 0 Å². The Labute approximate surface area is 64.1 Å². The molecular formula is C9H8S. The van der Waals surface area contributed by atoms with E-state index in [0.29, 0.717) is 0 Å². The summed E-state index contributed by atoms with van der Waals surface area (Å²) in [5, 5.41) is 3.53. The van der Waals surface area contributed by atoms with E-state index in [0.717, 1.165) is 0 Å². The van der Waals surface area contributed by atoms with Crippen LogP contribution in [0.25, 0.3) is 10.1 Å². The largest absolute Gasteiger partial charge is 0.144 e. The third-order valence-corrected chi connectivity index (χ3v) is 2.60. The molecule has 0 N–H and O–H groups in total. The molecule has 1 aromatic carbocycles. The van der Waals surface area contributed by atoms with Crippen molar-refractivity contribution in [1.82, 2.24) is 0 Å². The summed E-state index contributed by atoms with van der Waals surface area (Å²) in [6.07, 6.45) is 0. The van der Waals surface area contributed by atoms with Gasteiger partial charge in [-0.3, -0.25) is 0 Å². The maximum absolute atomic E-state index is 2.18. The topological polar surface area (TPSA) is 0 Å². The number of thiophene rings is 1. The summed E-state index contributed by atoms with van der Waals surface area (Å²) in [5.74, 6) is 0. The fourth-order valence-corrected chi connectivity index (χ4v) is 2.01. The SMILES string of the molecule is Cc1cccc2sccc12. The summed E-state index contributed by atoms with van der Waals surface area (Å²) in [4.78, 5) is 0. The zero-order chi connectivity index (χ0) is 6.97. The molecular weight excluding hydrogens is 140 g/mol. The highest BCUT2D eigenvalue weighted by Gasteiger charge is 1.94. The van der Waals surface area contributed by atoms with Gasteiger partial charge in [0.2, 0.25) is 0 Å². The third kappa shape index (κ3) is 0.745. The van der Waals surface area contributed by atoms with Crippen molar-refractivity contribution in [2.24, 2.45) is 0 Å². The van der Waals surface area contributed by atoms with Crippen molar-refractivity contribution in [3.8, 4) is 0 Å². The Morgan fingerprint density at radius 1 is 1.20 bits per heavy atom. The van der Waals surface area contributed by atoms with Crippen molar-refractivity contribution in [2.75, 3.05) is 0 Å². The molecule has 0 bridgehead atoms. The zero-order valence-electron chi connectivity index (χ0n) is 5.79. The Hall–Kier alpha value is -0.820. The number of hydrogen-bond acceptors (Lipinski definition) is 1. The molecule has 1 heteroatoms. The van der Waals surface area contributed by atoms with E-state index in [1.54, 1.807) is 11.3 Å². The molecule has 10 heavy (non-hydrogen) atoms. The number of hydrogen-bond donors (Lipinski definition) is 0. The number of rotatable bonds is 0. The lowest BCUT2D eigenvalue weighted by atomic mass is 10.2. The predicted octanol–water partition coefficient (Wildman–Crippen LogP) is 3.21. The van der Waals surface area contributed by atoms with Gasteiger partial charge in [-0.1, -0.05) is 12.1 Å². The molecule has 2 aromatic rings. The second kappa shape index (κ2) is 2.10. The van der Waals surface area contributed by atoms with Crippen molar-refractivity contribution in [3.63, 3.8) is 0 Å². The summed E-state index contributed by atoms with van der Waals surface area (Å²) in [6, 6.07) is 8.59.